The van der Waals surface area contributed by atoms with E-state index in [0.29, 0.717) is 5.88 Å². The van der Waals surface area contributed by atoms with Crippen molar-refractivity contribution >= 4 is 27.6 Å². The van der Waals surface area contributed by atoms with Crippen molar-refractivity contribution in [3.63, 3.8) is 0 Å². The Bertz CT molecular complexity index is 1050. The molecule has 0 bridgehead atoms. The normalized spacial score (nSPS) is 10.8. The summed E-state index contributed by atoms with van der Waals surface area (Å²) in [7, 11) is 0. The van der Waals surface area contributed by atoms with E-state index in [0.717, 1.165) is 32.7 Å². The summed E-state index contributed by atoms with van der Waals surface area (Å²) in [6.45, 7) is 5.90. The first-order valence-electron chi connectivity index (χ1n) is 7.95. The maximum Gasteiger partial charge on any atom is 0.240 e. The molecule has 0 aliphatic carbocycles. The van der Waals surface area contributed by atoms with Gasteiger partial charge in [0.15, 0.2) is 0 Å². The lowest BCUT2D eigenvalue weighted by Gasteiger charge is -2.12. The molecule has 2 heterocycles. The van der Waals surface area contributed by atoms with Crippen LogP contribution < -0.4 is 4.74 Å². The molecule has 0 fully saturated rings. The molecule has 25 heavy (non-hydrogen) atoms. The van der Waals surface area contributed by atoms with Crippen molar-refractivity contribution in [3.05, 3.63) is 77.9 Å². The minimum Gasteiger partial charge on any atom is -0.437 e. The topological polar surface area (TPSA) is 35.0 Å². The quantitative estimate of drug-likeness (QED) is 0.448. The van der Waals surface area contributed by atoms with Crippen molar-refractivity contribution in [2.75, 3.05) is 0 Å². The monoisotopic (exact) mass is 344 g/mol. The molecule has 0 atom stereocenters. The number of benzene rings is 2. The number of aromatic nitrogens is 2. The predicted octanol–water partition coefficient (Wildman–Crippen LogP) is 6.10. The molecule has 3 nitrogen and oxygen atoms in total. The van der Waals surface area contributed by atoms with Crippen molar-refractivity contribution in [3.8, 4) is 22.8 Å². The number of hydrogen-bond acceptors (Lipinski definition) is 4. The van der Waals surface area contributed by atoms with Gasteiger partial charge in [0.1, 0.15) is 16.8 Å². The fourth-order valence-corrected chi connectivity index (χ4v) is 3.75. The summed E-state index contributed by atoms with van der Waals surface area (Å²) in [6, 6.07) is 16.4. The fraction of sp³-hybridized carbons (Fsp3) is 0.0476. The minimum atomic E-state index is 0.580. The molecule has 2 aromatic carbocycles. The van der Waals surface area contributed by atoms with Gasteiger partial charge in [-0.15, -0.1) is 11.3 Å². The molecule has 0 unspecified atom stereocenters. The second kappa shape index (κ2) is 6.49. The van der Waals surface area contributed by atoms with E-state index >= 15 is 0 Å². The fourth-order valence-electron chi connectivity index (χ4n) is 2.82. The van der Waals surface area contributed by atoms with Crippen LogP contribution in [0.1, 0.15) is 11.1 Å². The van der Waals surface area contributed by atoms with E-state index in [9.17, 15) is 0 Å². The molecule has 0 amide bonds. The van der Waals surface area contributed by atoms with Gasteiger partial charge in [-0.1, -0.05) is 55.1 Å². The molecule has 0 aliphatic rings. The third-order valence-corrected chi connectivity index (χ3v) is 5.12. The van der Waals surface area contributed by atoms with Crippen LogP contribution in [0.5, 0.6) is 11.6 Å². The number of fused-ring (bicyclic) bond motifs is 1. The molecule has 0 N–H and O–H groups in total. The number of rotatable bonds is 4. The summed E-state index contributed by atoms with van der Waals surface area (Å²) < 4.78 is 7.10. The van der Waals surface area contributed by atoms with Crippen molar-refractivity contribution in [1.82, 2.24) is 9.97 Å². The van der Waals surface area contributed by atoms with Crippen molar-refractivity contribution < 1.29 is 4.74 Å². The summed E-state index contributed by atoms with van der Waals surface area (Å²) in [4.78, 5) is 8.69. The smallest absolute Gasteiger partial charge is 0.240 e. The Morgan fingerprint density at radius 2 is 1.88 bits per heavy atom. The van der Waals surface area contributed by atoms with Crippen molar-refractivity contribution in [1.29, 1.82) is 0 Å². The van der Waals surface area contributed by atoms with Gasteiger partial charge in [-0.3, -0.25) is 0 Å². The van der Waals surface area contributed by atoms with Gasteiger partial charge in [-0.05, 0) is 29.7 Å². The maximum absolute atomic E-state index is 6.17. The molecular weight excluding hydrogens is 328 g/mol. The summed E-state index contributed by atoms with van der Waals surface area (Å²) in [5, 5.41) is 2.02. The second-order valence-electron chi connectivity index (χ2n) is 5.65. The summed E-state index contributed by atoms with van der Waals surface area (Å²) >= 11 is 1.57. The van der Waals surface area contributed by atoms with Crippen LogP contribution in [-0.2, 0) is 0 Å². The third-order valence-electron chi connectivity index (χ3n) is 4.14. The van der Waals surface area contributed by atoms with Gasteiger partial charge in [0.05, 0.1) is 5.52 Å². The third kappa shape index (κ3) is 2.81. The zero-order valence-electron chi connectivity index (χ0n) is 13.8. The number of nitrogens with zero attached hydrogens (tertiary/aromatic N) is 2. The Kier molecular flexibility index (Phi) is 4.04. The highest BCUT2D eigenvalue weighted by Crippen LogP contribution is 2.36. The standard InChI is InChI=1S/C21H16N2OS/c1-3-15-12-25-20-19(15)22-13-23-21(20)24-18-11-7-10-17(14(18)2)16-8-5-4-6-9-16/h3-13H,1H2,2H3. The van der Waals surface area contributed by atoms with Gasteiger partial charge in [0.2, 0.25) is 5.88 Å². The highest BCUT2D eigenvalue weighted by molar-refractivity contribution is 7.17. The molecule has 4 rings (SSSR count). The molecule has 2 aromatic heterocycles. The molecule has 4 aromatic rings. The molecule has 0 saturated heterocycles. The number of ether oxygens (including phenoxy) is 1. The van der Waals surface area contributed by atoms with Gasteiger partial charge >= 0.3 is 0 Å². The van der Waals surface area contributed by atoms with Crippen LogP contribution >= 0.6 is 11.3 Å². The highest BCUT2D eigenvalue weighted by atomic mass is 32.1. The summed E-state index contributed by atoms with van der Waals surface area (Å²) in [6.07, 6.45) is 3.34. The maximum atomic E-state index is 6.17. The van der Waals surface area contributed by atoms with E-state index in [4.69, 9.17) is 4.74 Å². The predicted molar refractivity (Wildman–Crippen MR) is 104 cm³/mol. The van der Waals surface area contributed by atoms with Crippen LogP contribution in [-0.4, -0.2) is 9.97 Å². The lowest BCUT2D eigenvalue weighted by molar-refractivity contribution is 0.466. The Morgan fingerprint density at radius 3 is 2.68 bits per heavy atom. The van der Waals surface area contributed by atoms with E-state index in [1.54, 1.807) is 17.4 Å². The Labute approximate surface area is 150 Å². The lowest BCUT2D eigenvalue weighted by atomic mass is 10.00. The van der Waals surface area contributed by atoms with Crippen molar-refractivity contribution in [2.45, 2.75) is 6.92 Å². The van der Waals surface area contributed by atoms with Gasteiger partial charge in [-0.25, -0.2) is 9.97 Å². The van der Waals surface area contributed by atoms with E-state index in [2.05, 4.69) is 41.7 Å². The zero-order valence-corrected chi connectivity index (χ0v) is 14.6. The first-order valence-corrected chi connectivity index (χ1v) is 8.83. The van der Waals surface area contributed by atoms with E-state index in [1.165, 1.54) is 11.9 Å². The van der Waals surface area contributed by atoms with Gasteiger partial charge in [0, 0.05) is 10.9 Å². The molecule has 0 saturated carbocycles. The zero-order chi connectivity index (χ0) is 17.2. The number of hydrogen-bond donors (Lipinski definition) is 0. The average Bonchev–Trinajstić information content (AvgIpc) is 3.08. The molecule has 0 aliphatic heterocycles. The minimum absolute atomic E-state index is 0.580. The Morgan fingerprint density at radius 1 is 1.04 bits per heavy atom. The number of thiophene rings is 1. The molecule has 0 radical (unpaired) electrons. The van der Waals surface area contributed by atoms with Gasteiger partial charge < -0.3 is 4.74 Å². The van der Waals surface area contributed by atoms with Crippen LogP contribution in [0, 0.1) is 6.92 Å². The molecule has 4 heteroatoms. The molecule has 122 valence electrons. The van der Waals surface area contributed by atoms with Gasteiger partial charge in [0.25, 0.3) is 0 Å². The molecule has 0 spiro atoms. The summed E-state index contributed by atoms with van der Waals surface area (Å²) in [5.41, 5.74) is 5.29. The first kappa shape index (κ1) is 15.5. The SMILES string of the molecule is C=Cc1csc2c(Oc3cccc(-c4ccccc4)c3C)ncnc12. The van der Waals surface area contributed by atoms with E-state index in [-0.39, 0.29) is 0 Å². The van der Waals surface area contributed by atoms with Crippen LogP contribution in [0.25, 0.3) is 27.4 Å². The Balaban J connectivity index is 1.77. The molecular formula is C21H16N2OS. The van der Waals surface area contributed by atoms with Crippen molar-refractivity contribution in [2.24, 2.45) is 0 Å². The summed E-state index contributed by atoms with van der Waals surface area (Å²) in [5.74, 6) is 1.38. The first-order chi connectivity index (χ1) is 12.3. The van der Waals surface area contributed by atoms with Crippen LogP contribution in [0.4, 0.5) is 0 Å². The van der Waals surface area contributed by atoms with Crippen LogP contribution in [0.15, 0.2) is 66.8 Å². The lowest BCUT2D eigenvalue weighted by Crippen LogP contribution is -1.93. The van der Waals surface area contributed by atoms with Crippen LogP contribution in [0.2, 0.25) is 0 Å². The van der Waals surface area contributed by atoms with E-state index < -0.39 is 0 Å². The largest absolute Gasteiger partial charge is 0.437 e. The second-order valence-corrected chi connectivity index (χ2v) is 6.53. The van der Waals surface area contributed by atoms with E-state index in [1.807, 2.05) is 35.7 Å². The van der Waals surface area contributed by atoms with Crippen LogP contribution in [0.3, 0.4) is 0 Å². The van der Waals surface area contributed by atoms with Gasteiger partial charge in [-0.2, -0.15) is 0 Å². The highest BCUT2D eigenvalue weighted by Gasteiger charge is 2.13. The average molecular weight is 344 g/mol. The Hall–Kier alpha value is -2.98.